The largest absolute Gasteiger partial charge is 0.382 e. The molecule has 0 spiro atoms. The quantitative estimate of drug-likeness (QED) is 0.654. The lowest BCUT2D eigenvalue weighted by Gasteiger charge is -2.08. The molecule has 0 unspecified atom stereocenters. The Kier molecular flexibility index (Phi) is 5.17. The van der Waals surface area contributed by atoms with Crippen molar-refractivity contribution in [1.29, 1.82) is 0 Å². The zero-order valence-corrected chi connectivity index (χ0v) is 11.2. The van der Waals surface area contributed by atoms with E-state index in [1.54, 1.807) is 0 Å². The zero-order valence-electron chi connectivity index (χ0n) is 8.31. The van der Waals surface area contributed by atoms with Crippen LogP contribution in [0.1, 0.15) is 6.92 Å². The number of benzene rings is 1. The van der Waals surface area contributed by atoms with Crippen LogP contribution in [0.4, 0.5) is 5.69 Å². The first-order valence-corrected chi connectivity index (χ1v) is 5.98. The maximum absolute atomic E-state index is 10.6. The first-order chi connectivity index (χ1) is 7.09. The lowest BCUT2D eigenvalue weighted by atomic mass is 10.3. The molecule has 1 amide bonds. The molecule has 0 aliphatic rings. The molecule has 82 valence electrons. The third kappa shape index (κ3) is 4.70. The molecule has 0 aromatic heterocycles. The van der Waals surface area contributed by atoms with E-state index in [9.17, 15) is 4.79 Å². The minimum absolute atomic E-state index is 0.0227. The molecule has 1 aromatic carbocycles. The van der Waals surface area contributed by atoms with Gasteiger partial charge >= 0.3 is 0 Å². The lowest BCUT2D eigenvalue weighted by Crippen LogP contribution is -2.26. The summed E-state index contributed by atoms with van der Waals surface area (Å²) < 4.78 is 1.10. The van der Waals surface area contributed by atoms with Crippen LogP contribution in [-0.4, -0.2) is 19.0 Å². The molecule has 0 radical (unpaired) electrons. The van der Waals surface area contributed by atoms with Crippen molar-refractivity contribution >= 4 is 45.8 Å². The number of anilines is 1. The van der Waals surface area contributed by atoms with Crippen LogP contribution < -0.4 is 10.6 Å². The molecular formula is C10H12ClIN2O. The van der Waals surface area contributed by atoms with Gasteiger partial charge in [-0.2, -0.15) is 0 Å². The van der Waals surface area contributed by atoms with Gasteiger partial charge < -0.3 is 10.6 Å². The van der Waals surface area contributed by atoms with Crippen LogP contribution in [0.25, 0.3) is 0 Å². The van der Waals surface area contributed by atoms with E-state index in [2.05, 4.69) is 33.2 Å². The van der Waals surface area contributed by atoms with E-state index >= 15 is 0 Å². The van der Waals surface area contributed by atoms with Crippen LogP contribution in [0.3, 0.4) is 0 Å². The average molecular weight is 339 g/mol. The van der Waals surface area contributed by atoms with Crippen LogP contribution in [-0.2, 0) is 4.79 Å². The average Bonchev–Trinajstić information content (AvgIpc) is 2.14. The summed E-state index contributed by atoms with van der Waals surface area (Å²) in [6.07, 6.45) is 0. The number of halogens is 2. The van der Waals surface area contributed by atoms with Gasteiger partial charge in [0.15, 0.2) is 0 Å². The fraction of sp³-hybridized carbons (Fsp3) is 0.300. The van der Waals surface area contributed by atoms with Crippen molar-refractivity contribution in [1.82, 2.24) is 5.32 Å². The Morgan fingerprint density at radius 1 is 1.47 bits per heavy atom. The molecule has 15 heavy (non-hydrogen) atoms. The Labute approximate surface area is 108 Å². The van der Waals surface area contributed by atoms with E-state index < -0.39 is 0 Å². The predicted molar refractivity (Wildman–Crippen MR) is 71.3 cm³/mol. The predicted octanol–water partition coefficient (Wildman–Crippen LogP) is 2.49. The first kappa shape index (κ1) is 12.6. The number of hydrogen-bond donors (Lipinski definition) is 2. The SMILES string of the molecule is CC(=O)NCCNc1ccc(I)cc1Cl. The van der Waals surface area contributed by atoms with Crippen molar-refractivity contribution in [2.75, 3.05) is 18.4 Å². The highest BCUT2D eigenvalue weighted by Crippen LogP contribution is 2.23. The number of carbonyl (C=O) groups is 1. The minimum Gasteiger partial charge on any atom is -0.382 e. The molecule has 1 aromatic rings. The van der Waals surface area contributed by atoms with Crippen molar-refractivity contribution in [3.63, 3.8) is 0 Å². The first-order valence-electron chi connectivity index (χ1n) is 4.53. The second-order valence-electron chi connectivity index (χ2n) is 3.03. The maximum atomic E-state index is 10.6. The Balaban J connectivity index is 2.40. The summed E-state index contributed by atoms with van der Waals surface area (Å²) in [5, 5.41) is 6.54. The van der Waals surface area contributed by atoms with Crippen LogP contribution in [0.15, 0.2) is 18.2 Å². The molecule has 0 saturated carbocycles. The summed E-state index contributed by atoms with van der Waals surface area (Å²) in [6, 6.07) is 5.80. The van der Waals surface area contributed by atoms with Gasteiger partial charge in [-0.25, -0.2) is 0 Å². The standard InChI is InChI=1S/C10H12ClIN2O/c1-7(15)13-4-5-14-10-3-2-8(12)6-9(10)11/h2-3,6,14H,4-5H2,1H3,(H,13,15). The van der Waals surface area contributed by atoms with Crippen molar-refractivity contribution < 1.29 is 4.79 Å². The van der Waals surface area contributed by atoms with Crippen molar-refractivity contribution in [3.8, 4) is 0 Å². The highest BCUT2D eigenvalue weighted by molar-refractivity contribution is 14.1. The Morgan fingerprint density at radius 3 is 2.80 bits per heavy atom. The second-order valence-corrected chi connectivity index (χ2v) is 4.69. The third-order valence-corrected chi connectivity index (χ3v) is 2.73. The summed E-state index contributed by atoms with van der Waals surface area (Å²) >= 11 is 8.22. The van der Waals surface area contributed by atoms with Crippen LogP contribution in [0.5, 0.6) is 0 Å². The number of carbonyl (C=O) groups excluding carboxylic acids is 1. The summed E-state index contributed by atoms with van der Waals surface area (Å²) in [6.45, 7) is 2.76. The van der Waals surface area contributed by atoms with E-state index in [1.807, 2.05) is 18.2 Å². The molecule has 0 bridgehead atoms. The van der Waals surface area contributed by atoms with Gasteiger partial charge in [-0.15, -0.1) is 0 Å². The van der Waals surface area contributed by atoms with E-state index in [0.29, 0.717) is 18.1 Å². The summed E-state index contributed by atoms with van der Waals surface area (Å²) in [7, 11) is 0. The van der Waals surface area contributed by atoms with Gasteiger partial charge in [-0.05, 0) is 40.8 Å². The summed E-state index contributed by atoms with van der Waals surface area (Å²) in [5.74, 6) is -0.0227. The summed E-state index contributed by atoms with van der Waals surface area (Å²) in [5.41, 5.74) is 0.891. The van der Waals surface area contributed by atoms with Crippen molar-refractivity contribution in [2.24, 2.45) is 0 Å². The zero-order chi connectivity index (χ0) is 11.3. The monoisotopic (exact) mass is 338 g/mol. The number of amides is 1. The number of hydrogen-bond acceptors (Lipinski definition) is 2. The highest BCUT2D eigenvalue weighted by Gasteiger charge is 1.99. The van der Waals surface area contributed by atoms with Crippen molar-refractivity contribution in [3.05, 3.63) is 26.8 Å². The van der Waals surface area contributed by atoms with E-state index in [-0.39, 0.29) is 5.91 Å². The van der Waals surface area contributed by atoms with Crippen molar-refractivity contribution in [2.45, 2.75) is 6.92 Å². The Hall–Kier alpha value is -0.490. The third-order valence-electron chi connectivity index (χ3n) is 1.75. The molecule has 0 saturated heterocycles. The fourth-order valence-corrected chi connectivity index (χ4v) is 1.99. The molecule has 1 rings (SSSR count). The van der Waals surface area contributed by atoms with Gasteiger partial charge in [0, 0.05) is 23.6 Å². The van der Waals surface area contributed by atoms with Gasteiger partial charge in [0.05, 0.1) is 10.7 Å². The van der Waals surface area contributed by atoms with E-state index in [1.165, 1.54) is 6.92 Å². The molecule has 0 heterocycles. The van der Waals surface area contributed by atoms with Crippen LogP contribution >= 0.6 is 34.2 Å². The van der Waals surface area contributed by atoms with E-state index in [0.717, 1.165) is 9.26 Å². The number of nitrogens with one attached hydrogen (secondary N) is 2. The summed E-state index contributed by atoms with van der Waals surface area (Å²) in [4.78, 5) is 10.6. The smallest absolute Gasteiger partial charge is 0.216 e. The van der Waals surface area contributed by atoms with Gasteiger partial charge in [0.25, 0.3) is 0 Å². The maximum Gasteiger partial charge on any atom is 0.216 e. The Morgan fingerprint density at radius 2 is 2.20 bits per heavy atom. The highest BCUT2D eigenvalue weighted by atomic mass is 127. The lowest BCUT2D eigenvalue weighted by molar-refractivity contribution is -0.118. The molecule has 5 heteroatoms. The van der Waals surface area contributed by atoms with Crippen LogP contribution in [0.2, 0.25) is 5.02 Å². The normalized spacial score (nSPS) is 9.80. The molecule has 0 aliphatic heterocycles. The minimum atomic E-state index is -0.0227. The van der Waals surface area contributed by atoms with Gasteiger partial charge in [0.2, 0.25) is 5.91 Å². The van der Waals surface area contributed by atoms with Gasteiger partial charge in [-0.3, -0.25) is 4.79 Å². The molecule has 0 atom stereocenters. The molecule has 2 N–H and O–H groups in total. The fourth-order valence-electron chi connectivity index (χ4n) is 1.07. The number of rotatable bonds is 4. The Bertz CT molecular complexity index is 357. The molecule has 3 nitrogen and oxygen atoms in total. The topological polar surface area (TPSA) is 41.1 Å². The van der Waals surface area contributed by atoms with Gasteiger partial charge in [-0.1, -0.05) is 11.6 Å². The molecular weight excluding hydrogens is 326 g/mol. The second kappa shape index (κ2) is 6.17. The van der Waals surface area contributed by atoms with Crippen LogP contribution in [0, 0.1) is 3.57 Å². The van der Waals surface area contributed by atoms with Gasteiger partial charge in [0.1, 0.15) is 0 Å². The molecule has 0 aliphatic carbocycles. The van der Waals surface area contributed by atoms with E-state index in [4.69, 9.17) is 11.6 Å². The molecule has 0 fully saturated rings.